The summed E-state index contributed by atoms with van der Waals surface area (Å²) in [6.07, 6.45) is 0.222. The van der Waals surface area contributed by atoms with Gasteiger partial charge >= 0.3 is 0 Å². The Hall–Kier alpha value is -3.60. The maximum absolute atomic E-state index is 13.2. The Morgan fingerprint density at radius 3 is 2.20 bits per heavy atom. The van der Waals surface area contributed by atoms with Gasteiger partial charge in [0.05, 0.1) is 24.2 Å². The summed E-state index contributed by atoms with van der Waals surface area (Å²) in [5, 5.41) is 5.42. The van der Waals surface area contributed by atoms with Crippen molar-refractivity contribution in [3.8, 4) is 0 Å². The molecule has 8 nitrogen and oxygen atoms in total. The fourth-order valence-electron chi connectivity index (χ4n) is 3.44. The first kappa shape index (κ1) is 24.5. The molecular formula is C25H24FN3O5S. The third-order valence-corrected chi connectivity index (χ3v) is 6.94. The molecule has 1 fully saturated rings. The molecule has 1 atom stereocenters. The van der Waals surface area contributed by atoms with Crippen molar-refractivity contribution < 1.29 is 27.1 Å². The third kappa shape index (κ3) is 6.50. The van der Waals surface area contributed by atoms with Crippen LogP contribution in [-0.2, 0) is 26.0 Å². The minimum atomic E-state index is -3.70. The Balaban J connectivity index is 1.47. The number of carbonyl (C=O) groups excluding carboxylic acids is 2. The third-order valence-electron chi connectivity index (χ3n) is 5.40. The summed E-state index contributed by atoms with van der Waals surface area (Å²) >= 11 is 0. The lowest BCUT2D eigenvalue weighted by molar-refractivity contribution is -0.118. The van der Waals surface area contributed by atoms with E-state index >= 15 is 0 Å². The highest BCUT2D eigenvalue weighted by Crippen LogP contribution is 2.16. The van der Waals surface area contributed by atoms with Crippen LogP contribution in [-0.4, -0.2) is 45.5 Å². The van der Waals surface area contributed by atoms with Gasteiger partial charge in [-0.15, -0.1) is 0 Å². The van der Waals surface area contributed by atoms with Crippen LogP contribution in [0.1, 0.15) is 15.9 Å². The average molecular weight is 498 g/mol. The first-order valence-corrected chi connectivity index (χ1v) is 12.4. The number of carbonyl (C=O) groups is 2. The van der Waals surface area contributed by atoms with Crippen molar-refractivity contribution in [2.75, 3.05) is 18.5 Å². The van der Waals surface area contributed by atoms with Crippen LogP contribution in [0.2, 0.25) is 0 Å². The number of anilines is 1. The molecule has 4 rings (SSSR count). The van der Waals surface area contributed by atoms with Gasteiger partial charge in [0, 0.05) is 17.7 Å². The zero-order chi connectivity index (χ0) is 24.8. The molecule has 1 heterocycles. The Labute approximate surface area is 202 Å². The van der Waals surface area contributed by atoms with Crippen molar-refractivity contribution in [1.82, 2.24) is 10.0 Å². The lowest BCUT2D eigenvalue weighted by Gasteiger charge is -2.26. The molecule has 1 saturated heterocycles. The lowest BCUT2D eigenvalue weighted by Crippen LogP contribution is -2.48. The number of amides is 2. The molecule has 35 heavy (non-hydrogen) atoms. The van der Waals surface area contributed by atoms with Gasteiger partial charge in [-0.2, -0.15) is 0 Å². The van der Waals surface area contributed by atoms with E-state index in [1.807, 2.05) is 30.3 Å². The fraction of sp³-hybridized carbons (Fsp3) is 0.200. The smallest absolute Gasteiger partial charge is 0.251 e. The quantitative estimate of drug-likeness (QED) is 0.420. The van der Waals surface area contributed by atoms with Gasteiger partial charge in [-0.05, 0) is 54.1 Å². The van der Waals surface area contributed by atoms with Gasteiger partial charge in [0.25, 0.3) is 5.91 Å². The number of rotatable bonds is 9. The molecule has 0 saturated carbocycles. The molecule has 3 N–H and O–H groups in total. The standard InChI is InChI=1S/C25H24FN3O5S/c26-19-8-6-18(7-9-19)24(30)28-23(14-17-4-2-1-3-5-17)25(31)27-20-10-12-22(13-11-20)35(32,33)29-21-15-34-16-21/h1-13,21,23,29H,14-16H2,(H,27,31)(H,28,30). The second-order valence-electron chi connectivity index (χ2n) is 8.09. The number of hydrogen-bond acceptors (Lipinski definition) is 5. The number of benzene rings is 3. The summed E-state index contributed by atoms with van der Waals surface area (Å²) in [5.74, 6) is -1.47. The summed E-state index contributed by atoms with van der Waals surface area (Å²) in [7, 11) is -3.70. The Morgan fingerprint density at radius 2 is 1.60 bits per heavy atom. The SMILES string of the molecule is O=C(NC(Cc1ccccc1)C(=O)Nc1ccc(S(=O)(=O)NC2COC2)cc1)c1ccc(F)cc1. The van der Waals surface area contributed by atoms with Crippen LogP contribution < -0.4 is 15.4 Å². The van der Waals surface area contributed by atoms with Gasteiger partial charge in [-0.3, -0.25) is 9.59 Å². The van der Waals surface area contributed by atoms with E-state index in [1.54, 1.807) is 0 Å². The summed E-state index contributed by atoms with van der Waals surface area (Å²) in [5.41, 5.74) is 1.42. The second kappa shape index (κ2) is 10.8. The molecule has 3 aromatic rings. The largest absolute Gasteiger partial charge is 0.378 e. The number of ether oxygens (including phenoxy) is 1. The van der Waals surface area contributed by atoms with Crippen LogP contribution in [0.15, 0.2) is 83.8 Å². The molecule has 0 radical (unpaired) electrons. The van der Waals surface area contributed by atoms with E-state index in [0.29, 0.717) is 18.9 Å². The predicted molar refractivity (Wildman–Crippen MR) is 128 cm³/mol. The molecule has 1 aliphatic heterocycles. The topological polar surface area (TPSA) is 114 Å². The minimum Gasteiger partial charge on any atom is -0.378 e. The molecule has 3 aromatic carbocycles. The lowest BCUT2D eigenvalue weighted by atomic mass is 10.0. The Bertz CT molecular complexity index is 1280. The Kier molecular flexibility index (Phi) is 7.54. The van der Waals surface area contributed by atoms with E-state index in [2.05, 4.69) is 15.4 Å². The maximum Gasteiger partial charge on any atom is 0.251 e. The van der Waals surface area contributed by atoms with E-state index in [4.69, 9.17) is 4.74 Å². The molecule has 0 aliphatic carbocycles. The van der Waals surface area contributed by atoms with E-state index in [1.165, 1.54) is 48.5 Å². The highest BCUT2D eigenvalue weighted by molar-refractivity contribution is 7.89. The van der Waals surface area contributed by atoms with Gasteiger partial charge in [0.1, 0.15) is 11.9 Å². The number of hydrogen-bond donors (Lipinski definition) is 3. The van der Waals surface area contributed by atoms with Gasteiger partial charge in [-0.1, -0.05) is 30.3 Å². The second-order valence-corrected chi connectivity index (χ2v) is 9.81. The van der Waals surface area contributed by atoms with E-state index < -0.39 is 33.7 Å². The normalized spacial score (nSPS) is 14.5. The van der Waals surface area contributed by atoms with Crippen LogP contribution in [0.25, 0.3) is 0 Å². The Morgan fingerprint density at radius 1 is 0.943 bits per heavy atom. The molecular weight excluding hydrogens is 473 g/mol. The summed E-state index contributed by atoms with van der Waals surface area (Å²) < 4.78 is 45.6. The van der Waals surface area contributed by atoms with Crippen LogP contribution in [0.4, 0.5) is 10.1 Å². The van der Waals surface area contributed by atoms with Crippen molar-refractivity contribution in [2.45, 2.75) is 23.4 Å². The van der Waals surface area contributed by atoms with E-state index in [-0.39, 0.29) is 22.9 Å². The highest BCUT2D eigenvalue weighted by atomic mass is 32.2. The summed E-state index contributed by atoms with van der Waals surface area (Å²) in [6, 6.07) is 18.7. The number of nitrogens with one attached hydrogen (secondary N) is 3. The molecule has 182 valence electrons. The van der Waals surface area contributed by atoms with Crippen molar-refractivity contribution in [1.29, 1.82) is 0 Å². The minimum absolute atomic E-state index is 0.0628. The molecule has 1 aliphatic rings. The zero-order valence-electron chi connectivity index (χ0n) is 18.6. The fourth-order valence-corrected chi connectivity index (χ4v) is 4.65. The van der Waals surface area contributed by atoms with E-state index in [0.717, 1.165) is 5.56 Å². The highest BCUT2D eigenvalue weighted by Gasteiger charge is 2.26. The first-order valence-electron chi connectivity index (χ1n) is 10.9. The number of halogens is 1. The van der Waals surface area contributed by atoms with Crippen molar-refractivity contribution in [2.24, 2.45) is 0 Å². The van der Waals surface area contributed by atoms with E-state index in [9.17, 15) is 22.4 Å². The molecule has 10 heteroatoms. The van der Waals surface area contributed by atoms with Crippen molar-refractivity contribution in [3.05, 3.63) is 95.8 Å². The average Bonchev–Trinajstić information content (AvgIpc) is 2.82. The summed E-state index contributed by atoms with van der Waals surface area (Å²) in [4.78, 5) is 25.8. The van der Waals surface area contributed by atoms with Gasteiger partial charge in [0.15, 0.2) is 0 Å². The maximum atomic E-state index is 13.2. The van der Waals surface area contributed by atoms with Crippen LogP contribution in [0.3, 0.4) is 0 Å². The molecule has 0 bridgehead atoms. The van der Waals surface area contributed by atoms with Crippen LogP contribution >= 0.6 is 0 Å². The number of sulfonamides is 1. The van der Waals surface area contributed by atoms with Crippen molar-refractivity contribution >= 4 is 27.5 Å². The molecule has 0 aromatic heterocycles. The van der Waals surface area contributed by atoms with Crippen LogP contribution in [0.5, 0.6) is 0 Å². The predicted octanol–water partition coefficient (Wildman–Crippen LogP) is 2.48. The molecule has 2 amide bonds. The zero-order valence-corrected chi connectivity index (χ0v) is 19.4. The van der Waals surface area contributed by atoms with Gasteiger partial charge < -0.3 is 15.4 Å². The monoisotopic (exact) mass is 497 g/mol. The first-order chi connectivity index (χ1) is 16.8. The molecule has 0 spiro atoms. The van der Waals surface area contributed by atoms with Gasteiger partial charge in [0.2, 0.25) is 15.9 Å². The van der Waals surface area contributed by atoms with Crippen LogP contribution in [0, 0.1) is 5.82 Å². The summed E-state index contributed by atoms with van der Waals surface area (Å²) in [6.45, 7) is 0.666. The van der Waals surface area contributed by atoms with Crippen molar-refractivity contribution in [3.63, 3.8) is 0 Å². The van der Waals surface area contributed by atoms with Gasteiger partial charge in [-0.25, -0.2) is 17.5 Å². The molecule has 1 unspecified atom stereocenters.